The fraction of sp³-hybridized carbons (Fsp3) is 0.636. The molecule has 1 aliphatic carbocycles. The largest absolute Gasteiger partial charge is 0.314 e. The van der Waals surface area contributed by atoms with Crippen molar-refractivity contribution >= 4 is 0 Å². The first-order chi connectivity index (χ1) is 7.45. The molecule has 0 atom stereocenters. The van der Waals surface area contributed by atoms with Crippen LogP contribution in [0.15, 0.2) is 18.5 Å². The molecular weight excluding hydrogens is 188 g/mol. The highest BCUT2D eigenvalue weighted by molar-refractivity contribution is 4.87. The van der Waals surface area contributed by atoms with Crippen molar-refractivity contribution < 1.29 is 0 Å². The average Bonchev–Trinajstić information content (AvgIpc) is 3.09. The highest BCUT2D eigenvalue weighted by atomic mass is 15.0. The van der Waals surface area contributed by atoms with E-state index in [0.717, 1.165) is 31.5 Å². The molecule has 0 aliphatic heterocycles. The van der Waals surface area contributed by atoms with E-state index >= 15 is 0 Å². The summed E-state index contributed by atoms with van der Waals surface area (Å²) >= 11 is 0. The van der Waals surface area contributed by atoms with Gasteiger partial charge in [-0.3, -0.25) is 0 Å². The lowest BCUT2D eigenvalue weighted by molar-refractivity contribution is 0.584. The summed E-state index contributed by atoms with van der Waals surface area (Å²) in [6.07, 6.45) is 7.46. The first-order valence-corrected chi connectivity index (χ1v) is 5.65. The summed E-state index contributed by atoms with van der Waals surface area (Å²) in [7, 11) is 0. The number of hydrogen-bond acceptors (Lipinski definition) is 4. The lowest BCUT2D eigenvalue weighted by Crippen LogP contribution is -2.23. The van der Waals surface area contributed by atoms with Crippen molar-refractivity contribution in [3.8, 4) is 0 Å². The molecule has 1 fully saturated rings. The van der Waals surface area contributed by atoms with E-state index in [2.05, 4.69) is 20.6 Å². The highest BCUT2D eigenvalue weighted by Gasteiger charge is 2.19. The molecule has 1 aliphatic rings. The number of nitrogens with one attached hydrogen (secondary N) is 2. The van der Waals surface area contributed by atoms with E-state index in [-0.39, 0.29) is 0 Å². The molecule has 2 rings (SSSR count). The Hall–Kier alpha value is -1.00. The second-order valence-electron chi connectivity index (χ2n) is 3.92. The first-order valence-electron chi connectivity index (χ1n) is 5.65. The fourth-order valence-electron chi connectivity index (χ4n) is 1.43. The van der Waals surface area contributed by atoms with Crippen LogP contribution >= 0.6 is 0 Å². The van der Waals surface area contributed by atoms with Crippen LogP contribution < -0.4 is 10.6 Å². The van der Waals surface area contributed by atoms with Crippen molar-refractivity contribution in [3.05, 3.63) is 24.3 Å². The standard InChI is InChI=1S/C11H18N4/c1(6-13-10-3-4-10)5-12-9-11-14-7-2-8-15-11/h2,7-8,10,12-13H,1,3-6,9H2. The zero-order valence-electron chi connectivity index (χ0n) is 8.95. The van der Waals surface area contributed by atoms with Gasteiger partial charge < -0.3 is 10.6 Å². The van der Waals surface area contributed by atoms with Gasteiger partial charge in [-0.05, 0) is 38.4 Å². The van der Waals surface area contributed by atoms with Gasteiger partial charge in [-0.15, -0.1) is 0 Å². The summed E-state index contributed by atoms with van der Waals surface area (Å²) < 4.78 is 0. The molecule has 1 saturated carbocycles. The van der Waals surface area contributed by atoms with Crippen LogP contribution in [0, 0.1) is 0 Å². The van der Waals surface area contributed by atoms with Crippen LogP contribution in [0.3, 0.4) is 0 Å². The quantitative estimate of drug-likeness (QED) is 0.645. The summed E-state index contributed by atoms with van der Waals surface area (Å²) in [5, 5.41) is 6.81. The van der Waals surface area contributed by atoms with E-state index in [1.54, 1.807) is 12.4 Å². The zero-order valence-corrected chi connectivity index (χ0v) is 8.95. The third-order valence-electron chi connectivity index (χ3n) is 2.44. The highest BCUT2D eigenvalue weighted by Crippen LogP contribution is 2.18. The predicted octanol–water partition coefficient (Wildman–Crippen LogP) is 0.708. The van der Waals surface area contributed by atoms with Gasteiger partial charge in [-0.1, -0.05) is 0 Å². The molecular formula is C11H18N4. The maximum absolute atomic E-state index is 4.15. The molecule has 0 amide bonds. The molecule has 0 bridgehead atoms. The average molecular weight is 206 g/mol. The smallest absolute Gasteiger partial charge is 0.141 e. The summed E-state index contributed by atoms with van der Waals surface area (Å²) in [5.74, 6) is 0.868. The number of aromatic nitrogens is 2. The van der Waals surface area contributed by atoms with E-state index < -0.39 is 0 Å². The van der Waals surface area contributed by atoms with Crippen LogP contribution in [0.4, 0.5) is 0 Å². The molecule has 82 valence electrons. The lowest BCUT2D eigenvalue weighted by Gasteiger charge is -2.04. The Bertz CT molecular complexity index is 271. The SMILES string of the molecule is c1cnc(CNCCCNC2CC2)nc1. The molecule has 0 unspecified atom stereocenters. The summed E-state index contributed by atoms with van der Waals surface area (Å²) in [5.41, 5.74) is 0. The lowest BCUT2D eigenvalue weighted by atomic mass is 10.4. The van der Waals surface area contributed by atoms with Crippen molar-refractivity contribution in [1.82, 2.24) is 20.6 Å². The maximum Gasteiger partial charge on any atom is 0.141 e. The predicted molar refractivity (Wildman–Crippen MR) is 59.4 cm³/mol. The number of rotatable bonds is 7. The van der Waals surface area contributed by atoms with Gasteiger partial charge in [0, 0.05) is 18.4 Å². The topological polar surface area (TPSA) is 49.8 Å². The van der Waals surface area contributed by atoms with E-state index in [9.17, 15) is 0 Å². The Balaban J connectivity index is 1.47. The molecule has 1 heterocycles. The summed E-state index contributed by atoms with van der Waals surface area (Å²) in [4.78, 5) is 8.29. The van der Waals surface area contributed by atoms with E-state index in [0.29, 0.717) is 0 Å². The summed E-state index contributed by atoms with van der Waals surface area (Å²) in [6.45, 7) is 2.91. The van der Waals surface area contributed by atoms with E-state index in [1.165, 1.54) is 19.3 Å². The van der Waals surface area contributed by atoms with Gasteiger partial charge in [0.1, 0.15) is 5.82 Å². The summed E-state index contributed by atoms with van der Waals surface area (Å²) in [6, 6.07) is 2.66. The minimum absolute atomic E-state index is 0.768. The van der Waals surface area contributed by atoms with Gasteiger partial charge in [0.2, 0.25) is 0 Å². The molecule has 0 saturated heterocycles. The molecule has 1 aromatic heterocycles. The van der Waals surface area contributed by atoms with E-state index in [4.69, 9.17) is 0 Å². The number of nitrogens with zero attached hydrogens (tertiary/aromatic N) is 2. The van der Waals surface area contributed by atoms with Crippen LogP contribution in [-0.4, -0.2) is 29.1 Å². The zero-order chi connectivity index (χ0) is 10.3. The normalized spacial score (nSPS) is 15.5. The van der Waals surface area contributed by atoms with Crippen molar-refractivity contribution in [2.24, 2.45) is 0 Å². The van der Waals surface area contributed by atoms with Gasteiger partial charge in [0.15, 0.2) is 0 Å². The molecule has 0 radical (unpaired) electrons. The molecule has 0 aromatic carbocycles. The Labute approximate surface area is 90.5 Å². The van der Waals surface area contributed by atoms with Gasteiger partial charge in [-0.2, -0.15) is 0 Å². The Morgan fingerprint density at radius 1 is 1.20 bits per heavy atom. The van der Waals surface area contributed by atoms with E-state index in [1.807, 2.05) is 6.07 Å². The first kappa shape index (κ1) is 10.5. The molecule has 4 heteroatoms. The molecule has 2 N–H and O–H groups in total. The molecule has 15 heavy (non-hydrogen) atoms. The van der Waals surface area contributed by atoms with Crippen LogP contribution in [0.2, 0.25) is 0 Å². The van der Waals surface area contributed by atoms with Crippen LogP contribution in [0.5, 0.6) is 0 Å². The van der Waals surface area contributed by atoms with Crippen LogP contribution in [0.25, 0.3) is 0 Å². The van der Waals surface area contributed by atoms with Gasteiger partial charge in [-0.25, -0.2) is 9.97 Å². The second kappa shape index (κ2) is 5.78. The molecule has 1 aromatic rings. The number of hydrogen-bond donors (Lipinski definition) is 2. The second-order valence-corrected chi connectivity index (χ2v) is 3.92. The van der Waals surface area contributed by atoms with Crippen molar-refractivity contribution in [3.63, 3.8) is 0 Å². The van der Waals surface area contributed by atoms with Gasteiger partial charge in [0.05, 0.1) is 6.54 Å². The Morgan fingerprint density at radius 2 is 2.00 bits per heavy atom. The molecule has 4 nitrogen and oxygen atoms in total. The third kappa shape index (κ3) is 4.36. The van der Waals surface area contributed by atoms with Crippen molar-refractivity contribution in [1.29, 1.82) is 0 Å². The van der Waals surface area contributed by atoms with Gasteiger partial charge >= 0.3 is 0 Å². The van der Waals surface area contributed by atoms with Crippen molar-refractivity contribution in [2.75, 3.05) is 13.1 Å². The fourth-order valence-corrected chi connectivity index (χ4v) is 1.43. The maximum atomic E-state index is 4.15. The van der Waals surface area contributed by atoms with Crippen LogP contribution in [0.1, 0.15) is 25.1 Å². The minimum Gasteiger partial charge on any atom is -0.314 e. The van der Waals surface area contributed by atoms with Crippen molar-refractivity contribution in [2.45, 2.75) is 31.8 Å². The Kier molecular flexibility index (Phi) is 4.05. The van der Waals surface area contributed by atoms with Crippen LogP contribution in [-0.2, 0) is 6.54 Å². The third-order valence-corrected chi connectivity index (χ3v) is 2.44. The Morgan fingerprint density at radius 3 is 2.73 bits per heavy atom. The monoisotopic (exact) mass is 206 g/mol. The minimum atomic E-state index is 0.768. The molecule has 0 spiro atoms. The van der Waals surface area contributed by atoms with Gasteiger partial charge in [0.25, 0.3) is 0 Å².